The number of carbonyl (C=O) groups excluding carboxylic acids is 3. The Morgan fingerprint density at radius 2 is 1.81 bits per heavy atom. The number of hydrogen-bond donors (Lipinski definition) is 3. The van der Waals surface area contributed by atoms with E-state index in [1.165, 1.54) is 4.90 Å². The molecule has 0 aliphatic rings. The van der Waals surface area contributed by atoms with Crippen molar-refractivity contribution in [1.82, 2.24) is 15.5 Å². The fourth-order valence-electron chi connectivity index (χ4n) is 3.72. The van der Waals surface area contributed by atoms with Crippen molar-refractivity contribution >= 4 is 24.0 Å². The summed E-state index contributed by atoms with van der Waals surface area (Å²) in [5, 5.41) is 15.4. The lowest BCUT2D eigenvalue weighted by molar-refractivity contribution is -0.143. The molecule has 0 saturated carbocycles. The number of rotatable bonds is 15. The van der Waals surface area contributed by atoms with E-state index in [2.05, 4.69) is 24.1 Å². The summed E-state index contributed by atoms with van der Waals surface area (Å²) < 4.78 is 5.28. The third-order valence-corrected chi connectivity index (χ3v) is 5.56. The van der Waals surface area contributed by atoms with Crippen LogP contribution in [0.25, 0.3) is 6.08 Å². The molecule has 1 aromatic rings. The van der Waals surface area contributed by atoms with Gasteiger partial charge in [0.15, 0.2) is 0 Å². The van der Waals surface area contributed by atoms with E-state index in [1.54, 1.807) is 32.9 Å². The number of alkyl carbamates (subject to hydrolysis) is 1. The van der Waals surface area contributed by atoms with E-state index in [4.69, 9.17) is 4.74 Å². The predicted molar refractivity (Wildman–Crippen MR) is 143 cm³/mol. The first-order valence-corrected chi connectivity index (χ1v) is 13.0. The number of benzene rings is 1. The molecular weight excluding hydrogens is 458 g/mol. The second kappa shape index (κ2) is 16.0. The fourth-order valence-corrected chi connectivity index (χ4v) is 3.72. The van der Waals surface area contributed by atoms with Gasteiger partial charge in [-0.05, 0) is 50.8 Å². The molecule has 2 unspecified atom stereocenters. The van der Waals surface area contributed by atoms with E-state index in [0.29, 0.717) is 25.1 Å². The van der Waals surface area contributed by atoms with E-state index in [-0.39, 0.29) is 5.91 Å². The maximum atomic E-state index is 13.7. The van der Waals surface area contributed by atoms with Gasteiger partial charge in [-0.25, -0.2) is 4.79 Å². The Bertz CT molecular complexity index is 850. The SMILES string of the molecule is C=Cc1cccc(C(C(=O)NCCCC)N(CCCCCC)C(=O)C(CO)NC(=O)OC(C)(C)C)c1. The molecule has 0 aromatic heterocycles. The normalized spacial score (nSPS) is 12.8. The van der Waals surface area contributed by atoms with Crippen LogP contribution < -0.4 is 10.6 Å². The molecule has 0 fully saturated rings. The molecule has 1 rings (SSSR count). The lowest BCUT2D eigenvalue weighted by Gasteiger charge is -2.34. The van der Waals surface area contributed by atoms with Gasteiger partial charge in [0, 0.05) is 13.1 Å². The minimum absolute atomic E-state index is 0.301. The van der Waals surface area contributed by atoms with Gasteiger partial charge in [-0.3, -0.25) is 9.59 Å². The van der Waals surface area contributed by atoms with Gasteiger partial charge in [-0.2, -0.15) is 0 Å². The molecule has 8 heteroatoms. The molecule has 0 radical (unpaired) electrons. The van der Waals surface area contributed by atoms with Gasteiger partial charge in [0.2, 0.25) is 11.8 Å². The number of nitrogens with one attached hydrogen (secondary N) is 2. The van der Waals surface area contributed by atoms with Crippen molar-refractivity contribution in [2.24, 2.45) is 0 Å². The quantitative estimate of drug-likeness (QED) is 0.304. The Morgan fingerprint density at radius 1 is 1.11 bits per heavy atom. The summed E-state index contributed by atoms with van der Waals surface area (Å²) in [4.78, 5) is 41.1. The van der Waals surface area contributed by atoms with Crippen LogP contribution in [0, 0.1) is 0 Å². The Balaban J connectivity index is 3.38. The van der Waals surface area contributed by atoms with Gasteiger partial charge >= 0.3 is 6.09 Å². The minimum atomic E-state index is -1.25. The maximum absolute atomic E-state index is 13.7. The minimum Gasteiger partial charge on any atom is -0.444 e. The first kappa shape index (κ1) is 31.2. The number of unbranched alkanes of at least 4 members (excludes halogenated alkanes) is 4. The van der Waals surface area contributed by atoms with Crippen LogP contribution in [0.4, 0.5) is 4.79 Å². The van der Waals surface area contributed by atoms with Crippen molar-refractivity contribution in [3.8, 4) is 0 Å². The first-order chi connectivity index (χ1) is 17.1. The Kier molecular flexibility index (Phi) is 13.8. The van der Waals surface area contributed by atoms with Gasteiger partial charge in [0.1, 0.15) is 17.7 Å². The van der Waals surface area contributed by atoms with Crippen LogP contribution in [0.2, 0.25) is 0 Å². The molecule has 3 amide bonds. The van der Waals surface area contributed by atoms with Crippen molar-refractivity contribution in [1.29, 1.82) is 0 Å². The molecule has 8 nitrogen and oxygen atoms in total. The zero-order chi connectivity index (χ0) is 27.1. The summed E-state index contributed by atoms with van der Waals surface area (Å²) in [6.45, 7) is 13.3. The second-order valence-corrected chi connectivity index (χ2v) is 9.90. The van der Waals surface area contributed by atoms with Gasteiger partial charge in [-0.1, -0.05) is 70.4 Å². The van der Waals surface area contributed by atoms with E-state index in [0.717, 1.165) is 37.7 Å². The van der Waals surface area contributed by atoms with Crippen LogP contribution in [0.15, 0.2) is 30.8 Å². The van der Waals surface area contributed by atoms with Crippen LogP contribution in [0.5, 0.6) is 0 Å². The zero-order valence-corrected chi connectivity index (χ0v) is 22.6. The summed E-state index contributed by atoms with van der Waals surface area (Å²) in [5.41, 5.74) is 0.696. The fraction of sp³-hybridized carbons (Fsp3) is 0.607. The van der Waals surface area contributed by atoms with Gasteiger partial charge in [0.05, 0.1) is 6.61 Å². The van der Waals surface area contributed by atoms with Crippen LogP contribution in [0.3, 0.4) is 0 Å². The molecular formula is C28H45N3O5. The summed E-state index contributed by atoms with van der Waals surface area (Å²) in [6.07, 6.45) is 6.21. The van der Waals surface area contributed by atoms with E-state index in [1.807, 2.05) is 25.1 Å². The topological polar surface area (TPSA) is 108 Å². The summed E-state index contributed by atoms with van der Waals surface area (Å²) >= 11 is 0. The van der Waals surface area contributed by atoms with E-state index >= 15 is 0 Å². The number of aliphatic hydroxyl groups is 1. The second-order valence-electron chi connectivity index (χ2n) is 9.90. The highest BCUT2D eigenvalue weighted by atomic mass is 16.6. The van der Waals surface area contributed by atoms with Crippen LogP contribution >= 0.6 is 0 Å². The summed E-state index contributed by atoms with van der Waals surface area (Å²) in [6, 6.07) is 5.15. The largest absolute Gasteiger partial charge is 0.444 e. The summed E-state index contributed by atoms with van der Waals surface area (Å²) in [5.74, 6) is -0.845. The molecule has 0 saturated heterocycles. The third kappa shape index (κ3) is 10.8. The van der Waals surface area contributed by atoms with Gasteiger partial charge < -0.3 is 25.4 Å². The highest BCUT2D eigenvalue weighted by molar-refractivity contribution is 5.92. The highest BCUT2D eigenvalue weighted by Crippen LogP contribution is 2.25. The number of amides is 3. The van der Waals surface area contributed by atoms with Crippen molar-refractivity contribution in [2.45, 2.75) is 90.8 Å². The lowest BCUT2D eigenvalue weighted by Crippen LogP contribution is -2.54. The maximum Gasteiger partial charge on any atom is 0.408 e. The molecule has 202 valence electrons. The monoisotopic (exact) mass is 503 g/mol. The van der Waals surface area contributed by atoms with Crippen LogP contribution in [-0.2, 0) is 14.3 Å². The highest BCUT2D eigenvalue weighted by Gasteiger charge is 2.35. The lowest BCUT2D eigenvalue weighted by atomic mass is 9.99. The molecule has 0 heterocycles. The van der Waals surface area contributed by atoms with E-state index < -0.39 is 36.3 Å². The molecule has 36 heavy (non-hydrogen) atoms. The molecule has 0 aliphatic heterocycles. The molecule has 2 atom stereocenters. The average Bonchev–Trinajstić information content (AvgIpc) is 2.83. The van der Waals surface area contributed by atoms with Crippen molar-refractivity contribution in [2.75, 3.05) is 19.7 Å². The molecule has 0 aliphatic carbocycles. The average molecular weight is 504 g/mol. The van der Waals surface area contributed by atoms with Gasteiger partial charge in [0.25, 0.3) is 0 Å². The number of hydrogen-bond acceptors (Lipinski definition) is 5. The number of carbonyl (C=O) groups is 3. The smallest absolute Gasteiger partial charge is 0.408 e. The zero-order valence-electron chi connectivity index (χ0n) is 22.6. The number of aliphatic hydroxyl groups excluding tert-OH is 1. The molecule has 3 N–H and O–H groups in total. The van der Waals surface area contributed by atoms with Crippen LogP contribution in [0.1, 0.15) is 90.3 Å². The Labute approximate surface area is 216 Å². The Morgan fingerprint density at radius 3 is 2.39 bits per heavy atom. The van der Waals surface area contributed by atoms with Crippen LogP contribution in [-0.4, -0.2) is 59.3 Å². The number of ether oxygens (including phenoxy) is 1. The molecule has 0 bridgehead atoms. The van der Waals surface area contributed by atoms with Crippen molar-refractivity contribution in [3.63, 3.8) is 0 Å². The van der Waals surface area contributed by atoms with Gasteiger partial charge in [-0.15, -0.1) is 0 Å². The molecule has 1 aromatic carbocycles. The molecule has 0 spiro atoms. The standard InChI is InChI=1S/C28H45N3O5/c1-7-10-12-13-18-31(26(34)23(20-32)30-27(35)36-28(4,5)6)24(25(33)29-17-11-8-2)22-16-14-15-21(9-3)19-22/h9,14-16,19,23-24,32H,3,7-8,10-13,17-18,20H2,1-2,4-6H3,(H,29,33)(H,30,35). The third-order valence-electron chi connectivity index (χ3n) is 5.56. The number of nitrogens with zero attached hydrogens (tertiary/aromatic N) is 1. The summed E-state index contributed by atoms with van der Waals surface area (Å²) in [7, 11) is 0. The predicted octanol–water partition coefficient (Wildman–Crippen LogP) is 4.58. The van der Waals surface area contributed by atoms with Crippen molar-refractivity contribution in [3.05, 3.63) is 42.0 Å². The Hall–Kier alpha value is -2.87. The first-order valence-electron chi connectivity index (χ1n) is 13.0. The van der Waals surface area contributed by atoms with Crippen molar-refractivity contribution < 1.29 is 24.2 Å². The van der Waals surface area contributed by atoms with E-state index in [9.17, 15) is 19.5 Å².